The number of hydrogen-bond donors (Lipinski definition) is 4. The van der Waals surface area contributed by atoms with E-state index in [1.54, 1.807) is 6.20 Å². The van der Waals surface area contributed by atoms with Crippen LogP contribution < -0.4 is 10.6 Å². The number of rotatable bonds is 5. The van der Waals surface area contributed by atoms with Gasteiger partial charge in [-0.3, -0.25) is 5.10 Å². The molecule has 1 unspecified atom stereocenters. The fraction of sp³-hybridized carbons (Fsp3) is 0.333. The van der Waals surface area contributed by atoms with E-state index in [1.165, 1.54) is 12.6 Å². The average Bonchev–Trinajstić information content (AvgIpc) is 3.18. The summed E-state index contributed by atoms with van der Waals surface area (Å²) in [6.07, 6.45) is 6.28. The monoisotopic (exact) mass is 269 g/mol. The van der Waals surface area contributed by atoms with Crippen molar-refractivity contribution in [2.75, 3.05) is 25.0 Å². The van der Waals surface area contributed by atoms with Gasteiger partial charge in [0.05, 0.1) is 6.20 Å². The van der Waals surface area contributed by atoms with E-state index in [0.717, 1.165) is 42.0 Å². The average molecular weight is 269 g/mol. The first kappa shape index (κ1) is 12.9. The first-order valence-corrected chi connectivity index (χ1v) is 6.95. The van der Waals surface area contributed by atoms with Crippen molar-refractivity contribution in [2.24, 2.45) is 5.92 Å². The number of nitrogens with zero attached hydrogens (tertiary/aromatic N) is 1. The predicted molar refractivity (Wildman–Crippen MR) is 81.4 cm³/mol. The Morgan fingerprint density at radius 2 is 2.35 bits per heavy atom. The predicted octanol–water partition coefficient (Wildman–Crippen LogP) is 2.10. The first-order valence-electron chi connectivity index (χ1n) is 6.95. The highest BCUT2D eigenvalue weighted by molar-refractivity contribution is 5.88. The van der Waals surface area contributed by atoms with Crippen LogP contribution in [0.2, 0.25) is 0 Å². The summed E-state index contributed by atoms with van der Waals surface area (Å²) in [6, 6.07) is 6.13. The largest absolute Gasteiger partial charge is 0.384 e. The number of aromatic amines is 1. The molecule has 1 aliphatic heterocycles. The van der Waals surface area contributed by atoms with Crippen molar-refractivity contribution in [1.29, 1.82) is 5.41 Å². The lowest BCUT2D eigenvalue weighted by atomic mass is 10.0. The Morgan fingerprint density at radius 1 is 1.40 bits per heavy atom. The third-order valence-electron chi connectivity index (χ3n) is 3.78. The normalized spacial score (nSPS) is 18.1. The standard InChI is InChI=1S/C15H19N5/c16-6-13-5-12(14-9-19-20-10-14)1-2-15(13)18-8-11-3-4-17-7-11/h1-2,5-6,9-11,16-18H,3-4,7-8H2,(H,19,20). The van der Waals surface area contributed by atoms with E-state index >= 15 is 0 Å². The number of hydrogen-bond acceptors (Lipinski definition) is 4. The Kier molecular flexibility index (Phi) is 3.78. The summed E-state index contributed by atoms with van der Waals surface area (Å²) in [5, 5.41) is 21.2. The lowest BCUT2D eigenvalue weighted by Gasteiger charge is -2.14. The molecular formula is C15H19N5. The number of anilines is 1. The van der Waals surface area contributed by atoms with Crippen molar-refractivity contribution in [2.45, 2.75) is 6.42 Å². The van der Waals surface area contributed by atoms with Crippen molar-refractivity contribution < 1.29 is 0 Å². The zero-order valence-electron chi connectivity index (χ0n) is 11.3. The van der Waals surface area contributed by atoms with Crippen molar-refractivity contribution in [1.82, 2.24) is 15.5 Å². The van der Waals surface area contributed by atoms with Crippen molar-refractivity contribution in [3.05, 3.63) is 36.2 Å². The third-order valence-corrected chi connectivity index (χ3v) is 3.78. The molecule has 1 aromatic carbocycles. The Morgan fingerprint density at radius 3 is 3.05 bits per heavy atom. The van der Waals surface area contributed by atoms with Gasteiger partial charge >= 0.3 is 0 Å². The maximum Gasteiger partial charge on any atom is 0.0565 e. The van der Waals surface area contributed by atoms with Gasteiger partial charge in [-0.2, -0.15) is 5.10 Å². The summed E-state index contributed by atoms with van der Waals surface area (Å²) >= 11 is 0. The van der Waals surface area contributed by atoms with Crippen LogP contribution >= 0.6 is 0 Å². The fourth-order valence-corrected chi connectivity index (χ4v) is 2.57. The number of nitrogens with one attached hydrogen (secondary N) is 4. The molecule has 20 heavy (non-hydrogen) atoms. The number of benzene rings is 1. The summed E-state index contributed by atoms with van der Waals surface area (Å²) < 4.78 is 0. The van der Waals surface area contributed by atoms with E-state index in [4.69, 9.17) is 5.41 Å². The van der Waals surface area contributed by atoms with Crippen LogP contribution in [0.25, 0.3) is 11.1 Å². The highest BCUT2D eigenvalue weighted by atomic mass is 15.1. The zero-order valence-corrected chi connectivity index (χ0v) is 11.3. The Hall–Kier alpha value is -2.14. The zero-order chi connectivity index (χ0) is 13.8. The van der Waals surface area contributed by atoms with Gasteiger partial charge in [0.1, 0.15) is 0 Å². The molecule has 2 aromatic rings. The van der Waals surface area contributed by atoms with Gasteiger partial charge in [-0.15, -0.1) is 0 Å². The minimum Gasteiger partial charge on any atom is -0.384 e. The Labute approximate surface area is 118 Å². The van der Waals surface area contributed by atoms with Crippen molar-refractivity contribution in [3.8, 4) is 11.1 Å². The molecule has 0 amide bonds. The lowest BCUT2D eigenvalue weighted by molar-refractivity contribution is 0.615. The summed E-state index contributed by atoms with van der Waals surface area (Å²) in [4.78, 5) is 0. The third kappa shape index (κ3) is 2.72. The molecule has 0 aliphatic carbocycles. The van der Waals surface area contributed by atoms with Gasteiger partial charge in [0.15, 0.2) is 0 Å². The van der Waals surface area contributed by atoms with E-state index < -0.39 is 0 Å². The molecule has 2 heterocycles. The summed E-state index contributed by atoms with van der Waals surface area (Å²) in [7, 11) is 0. The molecule has 4 N–H and O–H groups in total. The molecule has 0 spiro atoms. The second-order valence-electron chi connectivity index (χ2n) is 5.17. The van der Waals surface area contributed by atoms with Crippen molar-refractivity contribution in [3.63, 3.8) is 0 Å². The fourth-order valence-electron chi connectivity index (χ4n) is 2.57. The molecule has 1 fully saturated rings. The Balaban J connectivity index is 1.75. The molecule has 0 bridgehead atoms. The molecule has 5 heteroatoms. The van der Waals surface area contributed by atoms with E-state index in [1.807, 2.05) is 18.3 Å². The van der Waals surface area contributed by atoms with Gasteiger partial charge in [-0.1, -0.05) is 6.07 Å². The quantitative estimate of drug-likeness (QED) is 0.628. The van der Waals surface area contributed by atoms with Gasteiger partial charge in [0.25, 0.3) is 0 Å². The molecule has 1 atom stereocenters. The topological polar surface area (TPSA) is 76.6 Å². The maximum absolute atomic E-state index is 7.59. The SMILES string of the molecule is N=Cc1cc(-c2cn[nH]c2)ccc1NCC1CCNC1. The highest BCUT2D eigenvalue weighted by Crippen LogP contribution is 2.24. The molecule has 0 radical (unpaired) electrons. The molecule has 5 nitrogen and oxygen atoms in total. The number of H-pyrrole nitrogens is 1. The summed E-state index contributed by atoms with van der Waals surface area (Å²) in [5.74, 6) is 0.683. The van der Waals surface area contributed by atoms with Crippen LogP contribution in [0.1, 0.15) is 12.0 Å². The van der Waals surface area contributed by atoms with Crippen LogP contribution in [-0.2, 0) is 0 Å². The first-order chi connectivity index (χ1) is 9.86. The van der Waals surface area contributed by atoms with Crippen LogP contribution in [0.5, 0.6) is 0 Å². The van der Waals surface area contributed by atoms with Crippen LogP contribution in [0, 0.1) is 11.3 Å². The molecule has 3 rings (SSSR count). The smallest absolute Gasteiger partial charge is 0.0565 e. The van der Waals surface area contributed by atoms with Crippen molar-refractivity contribution >= 4 is 11.9 Å². The molecular weight excluding hydrogens is 250 g/mol. The van der Waals surface area contributed by atoms with Gasteiger partial charge in [-0.25, -0.2) is 0 Å². The minimum absolute atomic E-state index is 0.683. The van der Waals surface area contributed by atoms with Gasteiger partial charge < -0.3 is 16.0 Å². The highest BCUT2D eigenvalue weighted by Gasteiger charge is 2.14. The molecule has 1 saturated heterocycles. The van der Waals surface area contributed by atoms with Crippen LogP contribution in [0.15, 0.2) is 30.6 Å². The van der Waals surface area contributed by atoms with Gasteiger partial charge in [-0.05, 0) is 43.1 Å². The maximum atomic E-state index is 7.59. The molecule has 1 aliphatic rings. The molecule has 104 valence electrons. The second-order valence-corrected chi connectivity index (χ2v) is 5.17. The molecule has 1 aromatic heterocycles. The number of aromatic nitrogens is 2. The molecule has 0 saturated carbocycles. The summed E-state index contributed by atoms with van der Waals surface area (Å²) in [6.45, 7) is 3.15. The minimum atomic E-state index is 0.683. The summed E-state index contributed by atoms with van der Waals surface area (Å²) in [5.41, 5.74) is 4.05. The van der Waals surface area contributed by atoms with Gasteiger partial charge in [0.2, 0.25) is 0 Å². The van der Waals surface area contributed by atoms with E-state index in [-0.39, 0.29) is 0 Å². The van der Waals surface area contributed by atoms with E-state index in [9.17, 15) is 0 Å². The van der Waals surface area contributed by atoms with Crippen LogP contribution in [0.4, 0.5) is 5.69 Å². The van der Waals surface area contributed by atoms with E-state index in [0.29, 0.717) is 5.92 Å². The second kappa shape index (κ2) is 5.88. The van der Waals surface area contributed by atoms with Crippen LogP contribution in [0.3, 0.4) is 0 Å². The van der Waals surface area contributed by atoms with Gasteiger partial charge in [0, 0.05) is 35.8 Å². The van der Waals surface area contributed by atoms with E-state index in [2.05, 4.69) is 26.9 Å². The lowest BCUT2D eigenvalue weighted by Crippen LogP contribution is -2.17. The Bertz CT molecular complexity index is 570. The van der Waals surface area contributed by atoms with Crippen LogP contribution in [-0.4, -0.2) is 36.0 Å².